The van der Waals surface area contributed by atoms with Gasteiger partial charge in [0.1, 0.15) is 12.4 Å². The van der Waals surface area contributed by atoms with Crippen molar-refractivity contribution in [2.75, 3.05) is 0 Å². The van der Waals surface area contributed by atoms with Gasteiger partial charge in [-0.1, -0.05) is 11.6 Å². The van der Waals surface area contributed by atoms with Gasteiger partial charge in [-0.15, -0.1) is 0 Å². The van der Waals surface area contributed by atoms with E-state index in [1.54, 1.807) is 7.05 Å². The van der Waals surface area contributed by atoms with E-state index in [1.165, 1.54) is 11.6 Å². The third-order valence-electron chi connectivity index (χ3n) is 4.30. The smallest absolute Gasteiger partial charge is 0.331 e. The number of aryl methyl sites for hydroxylation is 2. The van der Waals surface area contributed by atoms with Crippen LogP contribution in [0, 0.1) is 6.92 Å². The zero-order chi connectivity index (χ0) is 16.3. The molecule has 3 heterocycles. The van der Waals surface area contributed by atoms with Crippen LogP contribution in [0.2, 0.25) is 0 Å². The quantitative estimate of drug-likeness (QED) is 0.631. The number of pyridine rings is 1. The fourth-order valence-corrected chi connectivity index (χ4v) is 2.98. The lowest BCUT2D eigenvalue weighted by Gasteiger charge is -2.21. The second-order valence-corrected chi connectivity index (χ2v) is 5.86. The average Bonchev–Trinajstić information content (AvgIpc) is 2.56. The van der Waals surface area contributed by atoms with Gasteiger partial charge in [0.05, 0.1) is 11.2 Å². The third kappa shape index (κ3) is 1.84. The molecule has 2 aromatic heterocycles. The Balaban J connectivity index is 2.15. The van der Waals surface area contributed by atoms with Crippen LogP contribution < -0.4 is 16.0 Å². The van der Waals surface area contributed by atoms with E-state index in [4.69, 9.17) is 4.74 Å². The van der Waals surface area contributed by atoms with Crippen LogP contribution in [0.1, 0.15) is 11.1 Å². The lowest BCUT2D eigenvalue weighted by molar-refractivity contribution is 0.301. The first kappa shape index (κ1) is 13.8. The molecule has 23 heavy (non-hydrogen) atoms. The molecule has 0 aliphatic carbocycles. The zero-order valence-electron chi connectivity index (χ0n) is 13.1. The second kappa shape index (κ2) is 4.55. The first-order chi connectivity index (χ1) is 11.0. The molecule has 0 atom stereocenters. The summed E-state index contributed by atoms with van der Waals surface area (Å²) in [6.07, 6.45) is 0. The minimum absolute atomic E-state index is 0.294. The highest BCUT2D eigenvalue weighted by Crippen LogP contribution is 2.37. The largest absolute Gasteiger partial charge is 0.488 e. The molecule has 0 N–H and O–H groups in total. The van der Waals surface area contributed by atoms with Gasteiger partial charge in [0.15, 0.2) is 5.52 Å². The summed E-state index contributed by atoms with van der Waals surface area (Å²) in [4.78, 5) is 29.1. The fourth-order valence-electron chi connectivity index (χ4n) is 2.98. The van der Waals surface area contributed by atoms with Gasteiger partial charge in [-0.2, -0.15) is 0 Å². The van der Waals surface area contributed by atoms with E-state index >= 15 is 0 Å². The number of nitrogens with zero attached hydrogens (tertiary/aromatic N) is 3. The Morgan fingerprint density at radius 1 is 1.13 bits per heavy atom. The molecule has 6 heteroatoms. The highest BCUT2D eigenvalue weighted by Gasteiger charge is 2.21. The summed E-state index contributed by atoms with van der Waals surface area (Å²) in [6.45, 7) is 2.37. The summed E-state index contributed by atoms with van der Waals surface area (Å²) in [7, 11) is 3.10. The van der Waals surface area contributed by atoms with Gasteiger partial charge in [0, 0.05) is 25.2 Å². The van der Waals surface area contributed by atoms with Crippen LogP contribution in [0.25, 0.3) is 22.3 Å². The summed E-state index contributed by atoms with van der Waals surface area (Å²) >= 11 is 0. The van der Waals surface area contributed by atoms with Crippen molar-refractivity contribution >= 4 is 11.0 Å². The standard InChI is InChI=1S/C17H15N3O3/c1-9-4-5-13-11(6-9)14-10(8-23-13)7-12-15(18-14)16(21)20(3)17(22)19(12)2/h4-7H,8H2,1-3H3. The number of hydrogen-bond acceptors (Lipinski definition) is 4. The molecule has 0 amide bonds. The molecule has 0 bridgehead atoms. The SMILES string of the molecule is Cc1ccc2c(c1)-c1nc3c(=O)n(C)c(=O)n(C)c3cc1CO2. The second-order valence-electron chi connectivity index (χ2n) is 5.86. The molecular formula is C17H15N3O3. The Hall–Kier alpha value is -2.89. The Labute approximate surface area is 131 Å². The lowest BCUT2D eigenvalue weighted by Crippen LogP contribution is -2.37. The van der Waals surface area contributed by atoms with Crippen molar-refractivity contribution in [1.29, 1.82) is 0 Å². The molecule has 0 fully saturated rings. The van der Waals surface area contributed by atoms with Gasteiger partial charge in [-0.05, 0) is 25.1 Å². The minimum Gasteiger partial charge on any atom is -0.488 e. The van der Waals surface area contributed by atoms with Crippen LogP contribution in [0.4, 0.5) is 0 Å². The van der Waals surface area contributed by atoms with Crippen LogP contribution in [-0.2, 0) is 20.7 Å². The van der Waals surface area contributed by atoms with E-state index in [-0.39, 0.29) is 11.2 Å². The Kier molecular flexibility index (Phi) is 2.72. The van der Waals surface area contributed by atoms with Gasteiger partial charge in [-0.3, -0.25) is 13.9 Å². The number of aromatic nitrogens is 3. The summed E-state index contributed by atoms with van der Waals surface area (Å²) in [5.74, 6) is 0.761. The van der Waals surface area contributed by atoms with Crippen LogP contribution in [0.15, 0.2) is 33.9 Å². The van der Waals surface area contributed by atoms with Gasteiger partial charge in [0.25, 0.3) is 5.56 Å². The molecule has 0 saturated carbocycles. The Morgan fingerprint density at radius 2 is 1.91 bits per heavy atom. The molecule has 0 spiro atoms. The molecule has 3 aromatic rings. The molecule has 116 valence electrons. The van der Waals surface area contributed by atoms with Crippen molar-refractivity contribution in [3.63, 3.8) is 0 Å². The van der Waals surface area contributed by atoms with Crippen LogP contribution in [0.3, 0.4) is 0 Å². The first-order valence-corrected chi connectivity index (χ1v) is 7.31. The van der Waals surface area contributed by atoms with Crippen LogP contribution in [-0.4, -0.2) is 14.1 Å². The van der Waals surface area contributed by atoms with Crippen molar-refractivity contribution < 1.29 is 4.74 Å². The fraction of sp³-hybridized carbons (Fsp3) is 0.235. The topological polar surface area (TPSA) is 66.1 Å². The summed E-state index contributed by atoms with van der Waals surface area (Å²) in [5, 5.41) is 0. The van der Waals surface area contributed by atoms with Gasteiger partial charge >= 0.3 is 5.69 Å². The Morgan fingerprint density at radius 3 is 2.70 bits per heavy atom. The first-order valence-electron chi connectivity index (χ1n) is 7.31. The number of benzene rings is 1. The molecule has 4 rings (SSSR count). The Bertz CT molecular complexity index is 1090. The predicted molar refractivity (Wildman–Crippen MR) is 86.7 cm³/mol. The van der Waals surface area contributed by atoms with Crippen LogP contribution in [0.5, 0.6) is 5.75 Å². The third-order valence-corrected chi connectivity index (χ3v) is 4.30. The van der Waals surface area contributed by atoms with Gasteiger partial charge in [0.2, 0.25) is 0 Å². The summed E-state index contributed by atoms with van der Waals surface area (Å²) in [6, 6.07) is 7.72. The molecular weight excluding hydrogens is 294 g/mol. The van der Waals surface area contributed by atoms with Gasteiger partial charge in [-0.25, -0.2) is 9.78 Å². The summed E-state index contributed by atoms with van der Waals surface area (Å²) in [5.41, 5.74) is 3.67. The normalized spacial score (nSPS) is 12.7. The van der Waals surface area contributed by atoms with Crippen molar-refractivity contribution in [3.8, 4) is 17.0 Å². The molecule has 1 aliphatic rings. The lowest BCUT2D eigenvalue weighted by atomic mass is 10.00. The highest BCUT2D eigenvalue weighted by atomic mass is 16.5. The highest BCUT2D eigenvalue weighted by molar-refractivity contribution is 5.82. The molecule has 1 aromatic carbocycles. The maximum atomic E-state index is 12.4. The van der Waals surface area contributed by atoms with Gasteiger partial charge < -0.3 is 4.74 Å². The molecule has 6 nitrogen and oxygen atoms in total. The van der Waals surface area contributed by atoms with Crippen molar-refractivity contribution in [1.82, 2.24) is 14.1 Å². The number of fused-ring (bicyclic) bond motifs is 4. The predicted octanol–water partition coefficient (Wildman–Crippen LogP) is 1.50. The van der Waals surface area contributed by atoms with E-state index in [1.807, 2.05) is 31.2 Å². The van der Waals surface area contributed by atoms with Crippen LogP contribution >= 0.6 is 0 Å². The maximum absolute atomic E-state index is 12.4. The minimum atomic E-state index is -0.383. The van der Waals surface area contributed by atoms with E-state index in [2.05, 4.69) is 4.98 Å². The number of ether oxygens (including phenoxy) is 1. The maximum Gasteiger partial charge on any atom is 0.331 e. The van der Waals surface area contributed by atoms with E-state index in [9.17, 15) is 9.59 Å². The zero-order valence-corrected chi connectivity index (χ0v) is 13.1. The van der Waals surface area contributed by atoms with Crippen molar-refractivity contribution in [3.05, 3.63) is 56.2 Å². The van der Waals surface area contributed by atoms with Crippen molar-refractivity contribution in [2.24, 2.45) is 14.1 Å². The number of rotatable bonds is 0. The summed E-state index contributed by atoms with van der Waals surface area (Å²) < 4.78 is 8.29. The van der Waals surface area contributed by atoms with E-state index in [0.717, 1.165) is 32.7 Å². The molecule has 0 unspecified atom stereocenters. The monoisotopic (exact) mass is 309 g/mol. The molecule has 1 aliphatic heterocycles. The van der Waals surface area contributed by atoms with Crippen molar-refractivity contribution in [2.45, 2.75) is 13.5 Å². The van der Waals surface area contributed by atoms with E-state index in [0.29, 0.717) is 17.6 Å². The van der Waals surface area contributed by atoms with E-state index < -0.39 is 0 Å². The molecule has 0 saturated heterocycles. The molecule has 0 radical (unpaired) electrons. The number of hydrogen-bond donors (Lipinski definition) is 0. The average molecular weight is 309 g/mol.